The first-order chi connectivity index (χ1) is 14.2. The highest BCUT2D eigenvalue weighted by atomic mass is 79.9. The molecule has 3 rings (SSSR count). The first-order valence-corrected chi connectivity index (χ1v) is 10.9. The minimum Gasteiger partial charge on any atom is -0.467 e. The van der Waals surface area contributed by atoms with Crippen LogP contribution in [-0.4, -0.2) is 53.6 Å². The molecule has 0 aromatic heterocycles. The van der Waals surface area contributed by atoms with E-state index in [2.05, 4.69) is 15.9 Å². The number of halogens is 1. The molecule has 2 aliphatic heterocycles. The van der Waals surface area contributed by atoms with E-state index in [9.17, 15) is 14.4 Å². The van der Waals surface area contributed by atoms with Gasteiger partial charge in [0.05, 0.1) is 17.1 Å². The molecule has 170 valence electrons. The number of ether oxygens (including phenoxy) is 3. The van der Waals surface area contributed by atoms with Crippen LogP contribution in [0.3, 0.4) is 0 Å². The summed E-state index contributed by atoms with van der Waals surface area (Å²) in [6, 6.07) is 6.38. The molecule has 31 heavy (non-hydrogen) atoms. The molecule has 1 saturated heterocycles. The number of hydrogen-bond acceptors (Lipinski definition) is 6. The van der Waals surface area contributed by atoms with Gasteiger partial charge in [-0.1, -0.05) is 34.1 Å². The summed E-state index contributed by atoms with van der Waals surface area (Å²) in [6.07, 6.45) is -2.00. The van der Waals surface area contributed by atoms with Crippen molar-refractivity contribution in [1.29, 1.82) is 0 Å². The van der Waals surface area contributed by atoms with E-state index in [4.69, 9.17) is 14.2 Å². The molecule has 2 heterocycles. The maximum atomic E-state index is 13.3. The van der Waals surface area contributed by atoms with Crippen molar-refractivity contribution < 1.29 is 28.6 Å². The lowest BCUT2D eigenvalue weighted by atomic mass is 9.96. The van der Waals surface area contributed by atoms with Gasteiger partial charge in [-0.05, 0) is 53.2 Å². The predicted molar refractivity (Wildman–Crippen MR) is 118 cm³/mol. The maximum absolute atomic E-state index is 13.3. The van der Waals surface area contributed by atoms with Crippen LogP contribution in [0.1, 0.15) is 53.5 Å². The van der Waals surface area contributed by atoms with Gasteiger partial charge in [0.1, 0.15) is 23.4 Å². The van der Waals surface area contributed by atoms with Crippen molar-refractivity contribution in [2.75, 3.05) is 12.0 Å². The van der Waals surface area contributed by atoms with Crippen molar-refractivity contribution in [2.24, 2.45) is 0 Å². The number of rotatable bonds is 1. The molecular weight excluding hydrogens is 468 g/mol. The van der Waals surface area contributed by atoms with Crippen LogP contribution in [0.15, 0.2) is 24.3 Å². The molecule has 0 unspecified atom stereocenters. The smallest absolute Gasteiger partial charge is 0.416 e. The van der Waals surface area contributed by atoms with Gasteiger partial charge < -0.3 is 14.2 Å². The molecule has 2 amide bonds. The normalized spacial score (nSPS) is 25.0. The number of carbonyl (C=O) groups excluding carboxylic acids is 3. The van der Waals surface area contributed by atoms with Crippen molar-refractivity contribution in [1.82, 2.24) is 4.90 Å². The van der Waals surface area contributed by atoms with Crippen LogP contribution in [0, 0.1) is 0 Å². The summed E-state index contributed by atoms with van der Waals surface area (Å²) in [5.74, 6) is -0.583. The third-order valence-corrected chi connectivity index (χ3v) is 6.18. The van der Waals surface area contributed by atoms with Crippen molar-refractivity contribution in [3.63, 3.8) is 0 Å². The van der Waals surface area contributed by atoms with Crippen molar-refractivity contribution in [3.05, 3.63) is 29.8 Å². The monoisotopic (exact) mass is 496 g/mol. The molecule has 9 heteroatoms. The number of hydrogen-bond donors (Lipinski definition) is 0. The minimum absolute atomic E-state index is 0.208. The minimum atomic E-state index is -0.942. The first kappa shape index (κ1) is 23.4. The van der Waals surface area contributed by atoms with Crippen molar-refractivity contribution in [3.8, 4) is 0 Å². The summed E-state index contributed by atoms with van der Waals surface area (Å²) in [4.78, 5) is 41.9. The van der Waals surface area contributed by atoms with Crippen LogP contribution in [0.4, 0.5) is 15.3 Å². The van der Waals surface area contributed by atoms with Crippen molar-refractivity contribution in [2.45, 2.75) is 75.7 Å². The largest absolute Gasteiger partial charge is 0.467 e. The van der Waals surface area contributed by atoms with Gasteiger partial charge in [-0.25, -0.2) is 14.4 Å². The zero-order chi connectivity index (χ0) is 23.4. The fraction of sp³-hybridized carbons (Fsp3) is 0.591. The second-order valence-corrected chi connectivity index (χ2v) is 11.1. The third-order valence-electron chi connectivity index (χ3n) is 5.02. The number of benzene rings is 1. The van der Waals surface area contributed by atoms with E-state index in [1.807, 2.05) is 18.2 Å². The fourth-order valence-electron chi connectivity index (χ4n) is 4.00. The molecule has 0 spiro atoms. The maximum Gasteiger partial charge on any atom is 0.416 e. The number of amides is 2. The molecule has 2 aliphatic rings. The summed E-state index contributed by atoms with van der Waals surface area (Å²) in [5.41, 5.74) is -0.153. The number of esters is 1. The Morgan fingerprint density at radius 3 is 2.10 bits per heavy atom. The van der Waals surface area contributed by atoms with Gasteiger partial charge in [0, 0.05) is 6.42 Å². The number of alkyl halides is 1. The average Bonchev–Trinajstić information content (AvgIpc) is 3.05. The number of anilines is 1. The number of fused-ring (bicyclic) bond motifs is 3. The molecule has 1 fully saturated rings. The second kappa shape index (κ2) is 7.69. The van der Waals surface area contributed by atoms with Gasteiger partial charge in [-0.3, -0.25) is 9.80 Å². The molecule has 0 radical (unpaired) electrons. The highest BCUT2D eigenvalue weighted by Crippen LogP contribution is 2.58. The van der Waals surface area contributed by atoms with E-state index in [-0.39, 0.29) is 6.42 Å². The van der Waals surface area contributed by atoms with Crippen LogP contribution in [-0.2, 0) is 23.3 Å². The Labute approximate surface area is 190 Å². The molecule has 3 atom stereocenters. The molecule has 0 N–H and O–H groups in total. The number of carbonyl (C=O) groups is 3. The Hall–Kier alpha value is -2.29. The van der Waals surface area contributed by atoms with Crippen LogP contribution < -0.4 is 4.90 Å². The lowest BCUT2D eigenvalue weighted by Gasteiger charge is -2.37. The summed E-state index contributed by atoms with van der Waals surface area (Å²) >= 11 is 3.78. The highest BCUT2D eigenvalue weighted by molar-refractivity contribution is 9.09. The van der Waals surface area contributed by atoms with Gasteiger partial charge in [-0.15, -0.1) is 0 Å². The summed E-state index contributed by atoms with van der Waals surface area (Å²) in [6.45, 7) is 10.5. The molecule has 0 aliphatic carbocycles. The van der Waals surface area contributed by atoms with Gasteiger partial charge in [0.25, 0.3) is 0 Å². The predicted octanol–water partition coefficient (Wildman–Crippen LogP) is 4.54. The Kier molecular flexibility index (Phi) is 5.80. The van der Waals surface area contributed by atoms with Gasteiger partial charge in [0.15, 0.2) is 0 Å². The Morgan fingerprint density at radius 2 is 1.55 bits per heavy atom. The molecule has 0 bridgehead atoms. The number of para-hydroxylation sites is 1. The van der Waals surface area contributed by atoms with E-state index in [0.29, 0.717) is 5.69 Å². The standard InChI is InChI=1S/C22H29BrN2O6/c1-20(2,3)30-18(27)24-14-11-9-8-10-13(14)22(23)12-15(16(26)29-7)25(17(22)24)19(28)31-21(4,5)6/h8-11,15,17H,12H2,1-7H3/t15-,17-,22+/m0/s1. The SMILES string of the molecule is COC(=O)[C@@H]1C[C@@]2(Br)c3ccccc3N(C(=O)OC(C)(C)C)[C@H]2N1C(=O)OC(C)(C)C. The number of nitrogens with zero attached hydrogens (tertiary/aromatic N) is 2. The van der Waals surface area contributed by atoms with E-state index < -0.39 is 45.9 Å². The quantitative estimate of drug-likeness (QED) is 0.322. The first-order valence-electron chi connectivity index (χ1n) is 10.1. The van der Waals surface area contributed by atoms with Crippen LogP contribution in [0.2, 0.25) is 0 Å². The second-order valence-electron chi connectivity index (χ2n) is 9.73. The molecular formula is C22H29BrN2O6. The Morgan fingerprint density at radius 1 is 1.00 bits per heavy atom. The fourth-order valence-corrected chi connectivity index (χ4v) is 5.07. The zero-order valence-electron chi connectivity index (χ0n) is 18.9. The molecule has 0 saturated carbocycles. The third kappa shape index (κ3) is 4.24. The molecule has 8 nitrogen and oxygen atoms in total. The van der Waals surface area contributed by atoms with E-state index in [1.165, 1.54) is 16.9 Å². The van der Waals surface area contributed by atoms with Crippen LogP contribution >= 0.6 is 15.9 Å². The molecule has 1 aromatic carbocycles. The lowest BCUT2D eigenvalue weighted by molar-refractivity contribution is -0.146. The summed E-state index contributed by atoms with van der Waals surface area (Å²) < 4.78 is 15.3. The summed E-state index contributed by atoms with van der Waals surface area (Å²) in [7, 11) is 1.27. The van der Waals surface area contributed by atoms with Crippen molar-refractivity contribution >= 4 is 39.8 Å². The Bertz CT molecular complexity index is 906. The zero-order valence-corrected chi connectivity index (χ0v) is 20.5. The topological polar surface area (TPSA) is 85.4 Å². The summed E-state index contributed by atoms with van der Waals surface area (Å²) in [5, 5.41) is 0. The Balaban J connectivity index is 2.15. The van der Waals surface area contributed by atoms with E-state index in [0.717, 1.165) is 5.56 Å². The molecule has 1 aromatic rings. The van der Waals surface area contributed by atoms with E-state index in [1.54, 1.807) is 47.6 Å². The van der Waals surface area contributed by atoms with E-state index >= 15 is 0 Å². The van der Waals surface area contributed by atoms with Crippen LogP contribution in [0.5, 0.6) is 0 Å². The highest BCUT2D eigenvalue weighted by Gasteiger charge is 2.65. The van der Waals surface area contributed by atoms with Gasteiger partial charge in [-0.2, -0.15) is 0 Å². The number of likely N-dealkylation sites (tertiary alicyclic amines) is 1. The van der Waals surface area contributed by atoms with Crippen LogP contribution in [0.25, 0.3) is 0 Å². The van der Waals surface area contributed by atoms with Gasteiger partial charge in [0.2, 0.25) is 0 Å². The lowest BCUT2D eigenvalue weighted by Crippen LogP contribution is -2.57. The number of methoxy groups -OCH3 is 1. The van der Waals surface area contributed by atoms with Gasteiger partial charge >= 0.3 is 18.2 Å². The average molecular weight is 497 g/mol.